The second kappa shape index (κ2) is 8.22. The van der Waals surface area contributed by atoms with Crippen LogP contribution in [0.3, 0.4) is 0 Å². The van der Waals surface area contributed by atoms with Crippen LogP contribution in [-0.4, -0.2) is 4.57 Å². The van der Waals surface area contributed by atoms with E-state index in [1.807, 2.05) is 60.7 Å². The van der Waals surface area contributed by atoms with Crippen LogP contribution in [0.5, 0.6) is 0 Å². The standard InChI is InChI=1S/C16H14N2OS2.BrH/c19-16-18(12-14-9-5-2-6-10-14)15(20-21-16)17-11-13-7-3-1-4-8-13;/h1-10H,11-12H2;1H/p-1. The molecule has 22 heavy (non-hydrogen) atoms. The number of hydrogen-bond donors (Lipinski definition) is 0. The highest BCUT2D eigenvalue weighted by Crippen LogP contribution is 2.03. The van der Waals surface area contributed by atoms with E-state index in [4.69, 9.17) is 0 Å². The van der Waals surface area contributed by atoms with Gasteiger partial charge < -0.3 is 17.0 Å². The fourth-order valence-corrected chi connectivity index (χ4v) is 3.93. The molecule has 114 valence electrons. The number of halogens is 1. The molecule has 0 bridgehead atoms. The topological polar surface area (TPSA) is 34.4 Å². The van der Waals surface area contributed by atoms with E-state index >= 15 is 0 Å². The van der Waals surface area contributed by atoms with Crippen molar-refractivity contribution < 1.29 is 17.0 Å². The molecule has 0 aliphatic carbocycles. The van der Waals surface area contributed by atoms with Gasteiger partial charge >= 0.3 is 4.87 Å². The van der Waals surface area contributed by atoms with Crippen molar-refractivity contribution in [2.75, 3.05) is 0 Å². The lowest BCUT2D eigenvalue weighted by molar-refractivity contribution is -0.00000413. The average Bonchev–Trinajstić information content (AvgIpc) is 2.88. The molecule has 0 aliphatic heterocycles. The van der Waals surface area contributed by atoms with Crippen molar-refractivity contribution in [2.45, 2.75) is 13.1 Å². The predicted molar refractivity (Wildman–Crippen MR) is 87.7 cm³/mol. The molecule has 0 N–H and O–H groups in total. The van der Waals surface area contributed by atoms with Gasteiger partial charge in [-0.25, -0.2) is 0 Å². The van der Waals surface area contributed by atoms with Crippen LogP contribution in [0.1, 0.15) is 11.1 Å². The summed E-state index contributed by atoms with van der Waals surface area (Å²) in [5, 5.41) is 0. The summed E-state index contributed by atoms with van der Waals surface area (Å²) in [7, 11) is 2.68. The molecular weight excluding hydrogens is 380 g/mol. The fraction of sp³-hybridized carbons (Fsp3) is 0.125. The maximum absolute atomic E-state index is 12.0. The van der Waals surface area contributed by atoms with Gasteiger partial charge in [-0.15, -0.1) is 0 Å². The first kappa shape index (κ1) is 16.9. The van der Waals surface area contributed by atoms with Gasteiger partial charge in [0.15, 0.2) is 4.80 Å². The maximum atomic E-state index is 12.0. The van der Waals surface area contributed by atoms with Gasteiger partial charge in [-0.3, -0.25) is 14.4 Å². The molecule has 0 amide bonds. The summed E-state index contributed by atoms with van der Waals surface area (Å²) in [4.78, 5) is 17.4. The largest absolute Gasteiger partial charge is 1.00 e. The zero-order valence-corrected chi connectivity index (χ0v) is 14.9. The number of rotatable bonds is 4. The van der Waals surface area contributed by atoms with E-state index in [1.165, 1.54) is 20.7 Å². The van der Waals surface area contributed by atoms with Crippen LogP contribution < -0.4 is 26.7 Å². The molecule has 6 heteroatoms. The number of benzene rings is 2. The molecule has 0 radical (unpaired) electrons. The molecule has 2 aromatic carbocycles. The van der Waals surface area contributed by atoms with Gasteiger partial charge in [-0.2, -0.15) is 0 Å². The van der Waals surface area contributed by atoms with Crippen molar-refractivity contribution in [1.29, 1.82) is 0 Å². The summed E-state index contributed by atoms with van der Waals surface area (Å²) in [6.07, 6.45) is 0. The Labute approximate surface area is 146 Å². The molecule has 0 aliphatic rings. The lowest BCUT2D eigenvalue weighted by Crippen LogP contribution is -3.00. The lowest BCUT2D eigenvalue weighted by Gasteiger charge is -2.01. The monoisotopic (exact) mass is 393 g/mol. The van der Waals surface area contributed by atoms with Crippen molar-refractivity contribution >= 4 is 20.7 Å². The predicted octanol–water partition coefficient (Wildman–Crippen LogP) is 0.124. The molecule has 1 aromatic heterocycles. The molecule has 0 fully saturated rings. The number of nitrogens with zero attached hydrogens (tertiary/aromatic N) is 2. The van der Waals surface area contributed by atoms with E-state index in [-0.39, 0.29) is 21.9 Å². The van der Waals surface area contributed by atoms with Crippen LogP contribution in [0.2, 0.25) is 0 Å². The lowest BCUT2D eigenvalue weighted by atomic mass is 10.2. The molecule has 0 saturated carbocycles. The number of aromatic nitrogens is 1. The highest BCUT2D eigenvalue weighted by Gasteiger charge is 2.03. The van der Waals surface area contributed by atoms with E-state index < -0.39 is 0 Å². The Morgan fingerprint density at radius 2 is 1.45 bits per heavy atom. The minimum Gasteiger partial charge on any atom is -1.00 e. The molecule has 3 nitrogen and oxygen atoms in total. The molecule has 3 rings (SSSR count). The van der Waals surface area contributed by atoms with Gasteiger partial charge in [0.25, 0.3) is 0 Å². The van der Waals surface area contributed by atoms with E-state index in [0.717, 1.165) is 15.9 Å². The first-order valence-electron chi connectivity index (χ1n) is 6.61. The minimum absolute atomic E-state index is 0. The van der Waals surface area contributed by atoms with E-state index in [2.05, 4.69) is 4.99 Å². The van der Waals surface area contributed by atoms with Crippen LogP contribution in [-0.2, 0) is 13.1 Å². The van der Waals surface area contributed by atoms with Crippen molar-refractivity contribution in [3.05, 3.63) is 86.3 Å². The van der Waals surface area contributed by atoms with Crippen molar-refractivity contribution in [3.8, 4) is 0 Å². The third-order valence-electron chi connectivity index (χ3n) is 3.06. The van der Waals surface area contributed by atoms with Crippen LogP contribution in [0.15, 0.2) is 70.5 Å². The van der Waals surface area contributed by atoms with Crippen molar-refractivity contribution in [3.63, 3.8) is 0 Å². The normalized spacial score (nSPS) is 11.2. The van der Waals surface area contributed by atoms with Gasteiger partial charge in [-0.1, -0.05) is 60.7 Å². The van der Waals surface area contributed by atoms with Crippen LogP contribution in [0.4, 0.5) is 0 Å². The molecule has 3 aromatic rings. The summed E-state index contributed by atoms with van der Waals surface area (Å²) in [5.74, 6) is 0. The van der Waals surface area contributed by atoms with Crippen LogP contribution in [0, 0.1) is 0 Å². The molecule has 0 unspecified atom stereocenters. The van der Waals surface area contributed by atoms with Crippen molar-refractivity contribution in [1.82, 2.24) is 4.57 Å². The number of hydrogen-bond acceptors (Lipinski definition) is 4. The Morgan fingerprint density at radius 1 is 0.864 bits per heavy atom. The second-order valence-corrected chi connectivity index (χ2v) is 6.64. The Morgan fingerprint density at radius 3 is 2.09 bits per heavy atom. The van der Waals surface area contributed by atoms with Gasteiger partial charge in [0, 0.05) is 0 Å². The quantitative estimate of drug-likeness (QED) is 0.580. The Balaban J connectivity index is 0.00000176. The van der Waals surface area contributed by atoms with Gasteiger partial charge in [-0.05, 0) is 31.8 Å². The zero-order chi connectivity index (χ0) is 14.5. The molecule has 1 heterocycles. The second-order valence-electron chi connectivity index (χ2n) is 4.59. The highest BCUT2D eigenvalue weighted by atomic mass is 79.9. The third-order valence-corrected chi connectivity index (χ3v) is 5.13. The molecular formula is C16H14BrN2OS2-. The third kappa shape index (κ3) is 4.25. The van der Waals surface area contributed by atoms with Gasteiger partial charge in [0.2, 0.25) is 0 Å². The summed E-state index contributed by atoms with van der Waals surface area (Å²) in [6, 6.07) is 20.1. The highest BCUT2D eigenvalue weighted by molar-refractivity contribution is 7.67. The van der Waals surface area contributed by atoms with Crippen molar-refractivity contribution in [2.24, 2.45) is 4.99 Å². The minimum atomic E-state index is 0. The average molecular weight is 394 g/mol. The van der Waals surface area contributed by atoms with Crippen LogP contribution in [0.25, 0.3) is 0 Å². The molecule has 0 saturated heterocycles. The van der Waals surface area contributed by atoms with Gasteiger partial charge in [0.05, 0.1) is 13.1 Å². The first-order valence-corrected chi connectivity index (χ1v) is 8.76. The molecule has 0 atom stereocenters. The summed E-state index contributed by atoms with van der Waals surface area (Å²) < 4.78 is 1.74. The van der Waals surface area contributed by atoms with Gasteiger partial charge in [0.1, 0.15) is 0 Å². The van der Waals surface area contributed by atoms with Crippen LogP contribution >= 0.6 is 20.7 Å². The Hall–Kier alpha value is -1.50. The van der Waals surface area contributed by atoms with E-state index in [1.54, 1.807) is 4.57 Å². The zero-order valence-electron chi connectivity index (χ0n) is 11.7. The Kier molecular flexibility index (Phi) is 6.30. The molecule has 0 spiro atoms. The summed E-state index contributed by atoms with van der Waals surface area (Å²) >= 11 is 0. The fourth-order valence-electron chi connectivity index (χ4n) is 1.99. The van der Waals surface area contributed by atoms with E-state index in [0.29, 0.717) is 13.1 Å². The first-order chi connectivity index (χ1) is 10.3. The summed E-state index contributed by atoms with van der Waals surface area (Å²) in [6.45, 7) is 1.18. The maximum Gasteiger partial charge on any atom is 0.319 e. The van der Waals surface area contributed by atoms with E-state index in [9.17, 15) is 4.79 Å². The summed E-state index contributed by atoms with van der Waals surface area (Å²) in [5.41, 5.74) is 2.26. The smallest absolute Gasteiger partial charge is 0.319 e. The Bertz CT molecular complexity index is 822. The SMILES string of the molecule is O=c1ssc(=NCc2ccccc2)n1Cc1ccccc1.[Br-].